The molecule has 0 aliphatic carbocycles. The fourth-order valence-electron chi connectivity index (χ4n) is 4.01. The normalized spacial score (nSPS) is 19.4. The van der Waals surface area contributed by atoms with Crippen molar-refractivity contribution in [2.24, 2.45) is 0 Å². The molecule has 0 N–H and O–H groups in total. The van der Waals surface area contributed by atoms with Gasteiger partial charge in [0.25, 0.3) is 0 Å². The maximum atomic E-state index is 13.4. The number of benzene rings is 2. The number of aryl methyl sites for hydroxylation is 1. The van der Waals surface area contributed by atoms with Crippen LogP contribution in [0.5, 0.6) is 5.75 Å². The third-order valence-corrected chi connectivity index (χ3v) is 9.29. The van der Waals surface area contributed by atoms with E-state index in [2.05, 4.69) is 11.0 Å². The number of ether oxygens (including phenoxy) is 1. The maximum Gasteiger partial charge on any atom is 0.246 e. The summed E-state index contributed by atoms with van der Waals surface area (Å²) in [6.07, 6.45) is -0.128. The highest BCUT2D eigenvalue weighted by atomic mass is 32.2. The highest BCUT2D eigenvalue weighted by molar-refractivity contribution is 7.94. The van der Waals surface area contributed by atoms with Crippen LogP contribution in [0.2, 0.25) is 0 Å². The first kappa shape index (κ1) is 22.6. The molecule has 2 saturated heterocycles. The summed E-state index contributed by atoms with van der Waals surface area (Å²) >= 11 is 0. The Kier molecular flexibility index (Phi) is 5.91. The summed E-state index contributed by atoms with van der Waals surface area (Å²) in [6, 6.07) is 12.0. The Morgan fingerprint density at radius 3 is 2.28 bits per heavy atom. The average molecular weight is 480 g/mol. The van der Waals surface area contributed by atoms with Gasteiger partial charge in [0, 0.05) is 38.3 Å². The van der Waals surface area contributed by atoms with Gasteiger partial charge in [-0.15, -0.1) is 0 Å². The van der Waals surface area contributed by atoms with E-state index in [1.54, 1.807) is 0 Å². The topological polar surface area (TPSA) is 104 Å². The van der Waals surface area contributed by atoms with Gasteiger partial charge in [-0.25, -0.2) is 21.1 Å². The number of nitrogens with zero attached hydrogens (tertiary/aromatic N) is 3. The minimum absolute atomic E-state index is 0.00488. The van der Waals surface area contributed by atoms with Crippen LogP contribution in [0, 0.1) is 6.92 Å². The molecule has 0 unspecified atom stereocenters. The number of hydrogen-bond donors (Lipinski definition) is 0. The third-order valence-electron chi connectivity index (χ3n) is 5.68. The van der Waals surface area contributed by atoms with Crippen LogP contribution >= 0.6 is 0 Å². The van der Waals surface area contributed by atoms with Crippen LogP contribution in [0.15, 0.2) is 47.4 Å². The van der Waals surface area contributed by atoms with Gasteiger partial charge in [0.05, 0.1) is 18.6 Å². The number of carbonyl (C=O) groups is 1. The van der Waals surface area contributed by atoms with Crippen molar-refractivity contribution in [2.45, 2.75) is 18.2 Å². The van der Waals surface area contributed by atoms with Crippen molar-refractivity contribution in [1.29, 1.82) is 0 Å². The number of carbonyl (C=O) groups excluding carboxylic acids is 1. The first-order valence-electron chi connectivity index (χ1n) is 10.2. The van der Waals surface area contributed by atoms with E-state index in [4.69, 9.17) is 4.74 Å². The van der Waals surface area contributed by atoms with Crippen molar-refractivity contribution < 1.29 is 26.4 Å². The van der Waals surface area contributed by atoms with E-state index < -0.39 is 26.0 Å². The molecule has 9 nitrogen and oxygen atoms in total. The van der Waals surface area contributed by atoms with Crippen molar-refractivity contribution in [3.63, 3.8) is 0 Å². The molecule has 2 aliphatic rings. The highest BCUT2D eigenvalue weighted by Gasteiger charge is 2.38. The Balaban J connectivity index is 1.62. The Morgan fingerprint density at radius 1 is 0.969 bits per heavy atom. The molecule has 0 radical (unpaired) electrons. The van der Waals surface area contributed by atoms with Crippen LogP contribution in [0.4, 0.5) is 11.4 Å². The largest absolute Gasteiger partial charge is 0.495 e. The number of methoxy groups -OCH3 is 1. The Hall–Kier alpha value is -2.63. The first-order valence-corrected chi connectivity index (χ1v) is 13.2. The smallest absolute Gasteiger partial charge is 0.246 e. The Morgan fingerprint density at radius 2 is 1.69 bits per heavy atom. The lowest BCUT2D eigenvalue weighted by molar-refractivity contribution is -0.116. The predicted octanol–water partition coefficient (Wildman–Crippen LogP) is 1.58. The number of amides is 1. The average Bonchev–Trinajstić information content (AvgIpc) is 3.05. The SMILES string of the molecule is COc1ccc(N2C(=O)CCS2(=O)=O)cc1S(=O)(=O)N1CCN(c2cccc(C)c2)CC1. The van der Waals surface area contributed by atoms with Crippen molar-refractivity contribution in [3.05, 3.63) is 48.0 Å². The van der Waals surface area contributed by atoms with Crippen LogP contribution in [0.25, 0.3) is 0 Å². The standard InChI is InChI=1S/C21H25N3O6S2/c1-16-4-3-5-17(14-16)22-9-11-23(12-10-22)32(28,29)20-15-18(6-7-19(20)30-2)24-21(25)8-13-31(24,26)27/h3-7,14-15H,8-13H2,1-2H3. The van der Waals surface area contributed by atoms with E-state index in [1.165, 1.54) is 29.6 Å². The van der Waals surface area contributed by atoms with Gasteiger partial charge in [0.2, 0.25) is 26.0 Å². The van der Waals surface area contributed by atoms with Gasteiger partial charge in [-0.2, -0.15) is 4.31 Å². The summed E-state index contributed by atoms with van der Waals surface area (Å²) in [4.78, 5) is 14.1. The zero-order valence-electron chi connectivity index (χ0n) is 17.9. The molecule has 2 aromatic rings. The van der Waals surface area contributed by atoms with E-state index in [9.17, 15) is 21.6 Å². The van der Waals surface area contributed by atoms with E-state index in [0.29, 0.717) is 17.4 Å². The van der Waals surface area contributed by atoms with E-state index >= 15 is 0 Å². The second-order valence-electron chi connectivity index (χ2n) is 7.79. The van der Waals surface area contributed by atoms with E-state index in [1.807, 2.05) is 25.1 Å². The molecular formula is C21H25N3O6S2. The molecule has 2 aliphatic heterocycles. The van der Waals surface area contributed by atoms with Crippen molar-refractivity contribution >= 4 is 37.3 Å². The molecule has 172 valence electrons. The van der Waals surface area contributed by atoms with Crippen LogP contribution in [-0.2, 0) is 24.8 Å². The maximum absolute atomic E-state index is 13.4. The first-order chi connectivity index (χ1) is 15.1. The number of rotatable bonds is 5. The molecule has 2 heterocycles. The molecule has 0 atom stereocenters. The van der Waals surface area contributed by atoms with Gasteiger partial charge in [-0.3, -0.25) is 4.79 Å². The van der Waals surface area contributed by atoms with Crippen molar-refractivity contribution in [3.8, 4) is 5.75 Å². The summed E-state index contributed by atoms with van der Waals surface area (Å²) in [5.41, 5.74) is 2.18. The second kappa shape index (κ2) is 8.38. The lowest BCUT2D eigenvalue weighted by Crippen LogP contribution is -2.48. The summed E-state index contributed by atoms with van der Waals surface area (Å²) in [6.45, 7) is 3.58. The van der Waals surface area contributed by atoms with Gasteiger partial charge in [0.15, 0.2) is 0 Å². The van der Waals surface area contributed by atoms with Gasteiger partial charge in [0.1, 0.15) is 10.6 Å². The molecule has 0 saturated carbocycles. The van der Waals surface area contributed by atoms with Crippen LogP contribution in [0.1, 0.15) is 12.0 Å². The summed E-state index contributed by atoms with van der Waals surface area (Å²) < 4.78 is 58.8. The lowest BCUT2D eigenvalue weighted by atomic mass is 10.2. The second-order valence-corrected chi connectivity index (χ2v) is 11.6. The Labute approximate surface area is 188 Å². The molecule has 2 aromatic carbocycles. The molecule has 4 rings (SSSR count). The highest BCUT2D eigenvalue weighted by Crippen LogP contribution is 2.34. The number of piperazine rings is 1. The van der Waals surface area contributed by atoms with Crippen LogP contribution in [-0.4, -0.2) is 66.1 Å². The molecule has 32 heavy (non-hydrogen) atoms. The quantitative estimate of drug-likeness (QED) is 0.641. The summed E-state index contributed by atoms with van der Waals surface area (Å²) in [7, 11) is -6.44. The van der Waals surface area contributed by atoms with Gasteiger partial charge >= 0.3 is 0 Å². The lowest BCUT2D eigenvalue weighted by Gasteiger charge is -2.35. The molecule has 0 bridgehead atoms. The summed E-state index contributed by atoms with van der Waals surface area (Å²) in [5, 5.41) is 0. The van der Waals surface area contributed by atoms with Crippen molar-refractivity contribution in [1.82, 2.24) is 4.31 Å². The Bertz CT molecular complexity index is 1250. The van der Waals surface area contributed by atoms with Crippen LogP contribution < -0.4 is 13.9 Å². The predicted molar refractivity (Wildman–Crippen MR) is 121 cm³/mol. The monoisotopic (exact) mass is 479 g/mol. The minimum atomic E-state index is -3.98. The fourth-order valence-corrected chi connectivity index (χ4v) is 7.06. The van der Waals surface area contributed by atoms with E-state index in [0.717, 1.165) is 11.3 Å². The zero-order valence-corrected chi connectivity index (χ0v) is 19.5. The third kappa shape index (κ3) is 4.07. The molecule has 0 spiro atoms. The van der Waals surface area contributed by atoms with Crippen molar-refractivity contribution in [2.75, 3.05) is 48.2 Å². The number of hydrogen-bond acceptors (Lipinski definition) is 7. The molecule has 2 fully saturated rings. The molecule has 1 amide bonds. The molecule has 11 heteroatoms. The van der Waals surface area contributed by atoms with Gasteiger partial charge in [-0.05, 0) is 42.8 Å². The number of sulfonamides is 2. The zero-order chi connectivity index (χ0) is 23.1. The van der Waals surface area contributed by atoms with Gasteiger partial charge in [-0.1, -0.05) is 12.1 Å². The minimum Gasteiger partial charge on any atom is -0.495 e. The van der Waals surface area contributed by atoms with Crippen LogP contribution in [0.3, 0.4) is 0 Å². The molecular weight excluding hydrogens is 454 g/mol. The number of anilines is 2. The van der Waals surface area contributed by atoms with E-state index in [-0.39, 0.29) is 41.6 Å². The molecule has 0 aromatic heterocycles. The fraction of sp³-hybridized carbons (Fsp3) is 0.381. The van der Waals surface area contributed by atoms with Gasteiger partial charge < -0.3 is 9.64 Å². The summed E-state index contributed by atoms with van der Waals surface area (Å²) in [5.74, 6) is -0.773.